The van der Waals surface area contributed by atoms with Gasteiger partial charge in [-0.25, -0.2) is 0 Å². The lowest BCUT2D eigenvalue weighted by atomic mass is 9.80. The topological polar surface area (TPSA) is 20.2 Å². The van der Waals surface area contributed by atoms with Crippen LogP contribution in [0.3, 0.4) is 0 Å². The summed E-state index contributed by atoms with van der Waals surface area (Å²) >= 11 is 3.45. The van der Waals surface area contributed by atoms with Crippen molar-refractivity contribution in [2.75, 3.05) is 5.33 Å². The Kier molecular flexibility index (Phi) is 3.36. The van der Waals surface area contributed by atoms with Crippen LogP contribution in [0.1, 0.15) is 33.1 Å². The van der Waals surface area contributed by atoms with Crippen molar-refractivity contribution in [3.63, 3.8) is 0 Å². The Morgan fingerprint density at radius 3 is 2.67 bits per heavy atom. The van der Waals surface area contributed by atoms with Crippen molar-refractivity contribution in [1.82, 2.24) is 0 Å². The first-order valence-electron chi connectivity index (χ1n) is 4.50. The minimum atomic E-state index is -0.506. The molecule has 0 amide bonds. The van der Waals surface area contributed by atoms with Crippen LogP contribution in [-0.4, -0.2) is 16.0 Å². The van der Waals surface area contributed by atoms with Crippen LogP contribution in [0.4, 0.5) is 0 Å². The molecule has 0 aromatic rings. The number of aliphatic hydroxyl groups is 1. The lowest BCUT2D eigenvalue weighted by molar-refractivity contribution is 0.0127. The van der Waals surface area contributed by atoms with E-state index in [1.165, 1.54) is 5.57 Å². The fraction of sp³-hybridized carbons (Fsp3) is 0.800. The summed E-state index contributed by atoms with van der Waals surface area (Å²) in [6.07, 6.45) is 5.56. The van der Waals surface area contributed by atoms with Crippen LogP contribution in [0.5, 0.6) is 0 Å². The minimum Gasteiger partial charge on any atom is -0.390 e. The Morgan fingerprint density at radius 2 is 2.33 bits per heavy atom. The molecule has 1 aliphatic carbocycles. The molecule has 1 N–H and O–H groups in total. The Hall–Kier alpha value is 0.180. The van der Waals surface area contributed by atoms with Gasteiger partial charge in [0.2, 0.25) is 0 Å². The second kappa shape index (κ2) is 3.93. The molecule has 0 radical (unpaired) electrons. The Balaban J connectivity index is 2.52. The lowest BCUT2D eigenvalue weighted by Gasteiger charge is -2.31. The van der Waals surface area contributed by atoms with E-state index in [2.05, 4.69) is 22.0 Å². The lowest BCUT2D eigenvalue weighted by Crippen LogP contribution is -2.31. The molecular formula is C10H17BrO. The molecule has 1 rings (SSSR count). The summed E-state index contributed by atoms with van der Waals surface area (Å²) in [6, 6.07) is 0. The smallest absolute Gasteiger partial charge is 0.0622 e. The zero-order chi connectivity index (χ0) is 9.19. The summed E-state index contributed by atoms with van der Waals surface area (Å²) in [4.78, 5) is 0. The molecule has 0 saturated carbocycles. The third-order valence-electron chi connectivity index (χ3n) is 2.68. The molecule has 12 heavy (non-hydrogen) atoms. The summed E-state index contributed by atoms with van der Waals surface area (Å²) in [5.74, 6) is 0.445. The molecule has 0 aromatic heterocycles. The molecule has 2 heteroatoms. The third kappa shape index (κ3) is 2.60. The van der Waals surface area contributed by atoms with Crippen LogP contribution < -0.4 is 0 Å². The van der Waals surface area contributed by atoms with E-state index in [9.17, 15) is 5.11 Å². The number of allylic oxidation sites excluding steroid dienone is 2. The molecule has 1 atom stereocenters. The van der Waals surface area contributed by atoms with Gasteiger partial charge in [0.1, 0.15) is 0 Å². The van der Waals surface area contributed by atoms with E-state index >= 15 is 0 Å². The predicted octanol–water partition coefficient (Wildman–Crippen LogP) is 2.88. The van der Waals surface area contributed by atoms with E-state index in [-0.39, 0.29) is 0 Å². The highest BCUT2D eigenvalue weighted by atomic mass is 79.9. The van der Waals surface area contributed by atoms with Gasteiger partial charge in [0.05, 0.1) is 5.60 Å². The SMILES string of the molecule is CC(C)(O)[C@@H]1CC=C(CBr)CC1. The number of hydrogen-bond donors (Lipinski definition) is 1. The van der Waals surface area contributed by atoms with Crippen molar-refractivity contribution < 1.29 is 5.11 Å². The maximum Gasteiger partial charge on any atom is 0.0622 e. The standard InChI is InChI=1S/C10H17BrO/c1-10(2,12)9-5-3-8(7-11)4-6-9/h3,9,12H,4-7H2,1-2H3/t9-/m1/s1. The minimum absolute atomic E-state index is 0.445. The molecule has 1 nitrogen and oxygen atoms in total. The normalized spacial score (nSPS) is 25.3. The van der Waals surface area contributed by atoms with E-state index in [4.69, 9.17) is 0 Å². The van der Waals surface area contributed by atoms with Gasteiger partial charge in [-0.1, -0.05) is 27.6 Å². The van der Waals surface area contributed by atoms with Gasteiger partial charge in [-0.2, -0.15) is 0 Å². The monoisotopic (exact) mass is 232 g/mol. The van der Waals surface area contributed by atoms with Gasteiger partial charge >= 0.3 is 0 Å². The molecule has 0 fully saturated rings. The van der Waals surface area contributed by atoms with Crippen LogP contribution >= 0.6 is 15.9 Å². The van der Waals surface area contributed by atoms with Crippen molar-refractivity contribution in [2.45, 2.75) is 38.7 Å². The second-order valence-electron chi connectivity index (χ2n) is 4.12. The first kappa shape index (κ1) is 10.3. The quantitative estimate of drug-likeness (QED) is 0.574. The van der Waals surface area contributed by atoms with Gasteiger partial charge in [0, 0.05) is 5.33 Å². The predicted molar refractivity (Wildman–Crippen MR) is 55.5 cm³/mol. The third-order valence-corrected chi connectivity index (χ3v) is 3.40. The Bertz CT molecular complexity index is 179. The summed E-state index contributed by atoms with van der Waals surface area (Å²) in [7, 11) is 0. The van der Waals surface area contributed by atoms with Crippen molar-refractivity contribution in [3.8, 4) is 0 Å². The summed E-state index contributed by atoms with van der Waals surface area (Å²) in [6.45, 7) is 3.81. The summed E-state index contributed by atoms with van der Waals surface area (Å²) < 4.78 is 0. The fourth-order valence-corrected chi connectivity index (χ4v) is 2.16. The zero-order valence-electron chi connectivity index (χ0n) is 7.81. The number of halogens is 1. The van der Waals surface area contributed by atoms with Crippen molar-refractivity contribution in [2.24, 2.45) is 5.92 Å². The maximum atomic E-state index is 9.76. The Labute approximate surface area is 83.0 Å². The van der Waals surface area contributed by atoms with Gasteiger partial charge < -0.3 is 5.11 Å². The first-order valence-corrected chi connectivity index (χ1v) is 5.62. The first-order chi connectivity index (χ1) is 5.54. The molecule has 1 aliphatic rings. The van der Waals surface area contributed by atoms with Gasteiger partial charge in [-0.05, 0) is 39.0 Å². The van der Waals surface area contributed by atoms with Gasteiger partial charge in [0.15, 0.2) is 0 Å². The second-order valence-corrected chi connectivity index (χ2v) is 4.68. The number of alkyl halides is 1. The summed E-state index contributed by atoms with van der Waals surface area (Å²) in [5, 5.41) is 10.8. The van der Waals surface area contributed by atoms with Crippen molar-refractivity contribution in [1.29, 1.82) is 0 Å². The average molecular weight is 233 g/mol. The van der Waals surface area contributed by atoms with E-state index in [1.54, 1.807) is 0 Å². The molecular weight excluding hydrogens is 216 g/mol. The largest absolute Gasteiger partial charge is 0.390 e. The van der Waals surface area contributed by atoms with Crippen molar-refractivity contribution in [3.05, 3.63) is 11.6 Å². The van der Waals surface area contributed by atoms with Gasteiger partial charge in [-0.3, -0.25) is 0 Å². The maximum absolute atomic E-state index is 9.76. The highest BCUT2D eigenvalue weighted by Crippen LogP contribution is 2.31. The molecule has 0 bridgehead atoms. The van der Waals surface area contributed by atoms with Crippen LogP contribution in [0.15, 0.2) is 11.6 Å². The number of rotatable bonds is 2. The molecule has 70 valence electrons. The summed E-state index contributed by atoms with van der Waals surface area (Å²) in [5.41, 5.74) is 0.976. The number of hydrogen-bond acceptors (Lipinski definition) is 1. The highest BCUT2D eigenvalue weighted by Gasteiger charge is 2.27. The zero-order valence-corrected chi connectivity index (χ0v) is 9.39. The van der Waals surface area contributed by atoms with Crippen LogP contribution in [0.25, 0.3) is 0 Å². The fourth-order valence-electron chi connectivity index (χ4n) is 1.65. The Morgan fingerprint density at radius 1 is 1.67 bits per heavy atom. The van der Waals surface area contributed by atoms with Gasteiger partial charge in [-0.15, -0.1) is 0 Å². The van der Waals surface area contributed by atoms with E-state index in [1.807, 2.05) is 13.8 Å². The molecule has 0 spiro atoms. The molecule has 0 saturated heterocycles. The molecule has 0 aromatic carbocycles. The van der Waals surface area contributed by atoms with Crippen LogP contribution in [0, 0.1) is 5.92 Å². The highest BCUT2D eigenvalue weighted by molar-refractivity contribution is 9.09. The molecule has 0 heterocycles. The van der Waals surface area contributed by atoms with Crippen molar-refractivity contribution >= 4 is 15.9 Å². The van der Waals surface area contributed by atoms with Gasteiger partial charge in [0.25, 0.3) is 0 Å². The van der Waals surface area contributed by atoms with Crippen LogP contribution in [0.2, 0.25) is 0 Å². The molecule has 0 aliphatic heterocycles. The van der Waals surface area contributed by atoms with E-state index in [0.717, 1.165) is 24.6 Å². The average Bonchev–Trinajstić information content (AvgIpc) is 2.03. The van der Waals surface area contributed by atoms with Crippen LogP contribution in [-0.2, 0) is 0 Å². The molecule has 0 unspecified atom stereocenters. The van der Waals surface area contributed by atoms with E-state index in [0.29, 0.717) is 5.92 Å². The van der Waals surface area contributed by atoms with E-state index < -0.39 is 5.60 Å².